The van der Waals surface area contributed by atoms with E-state index >= 15 is 0 Å². The van der Waals surface area contributed by atoms with Crippen molar-refractivity contribution in [2.45, 2.75) is 39.5 Å². The molecule has 238 valence electrons. The fraction of sp³-hybridized carbons (Fsp3) is 0.205. The Kier molecular flexibility index (Phi) is 10.5. The summed E-state index contributed by atoms with van der Waals surface area (Å²) in [7, 11) is 0. The number of benzene rings is 3. The highest BCUT2D eigenvalue weighted by molar-refractivity contribution is 6.31. The first-order chi connectivity index (χ1) is 23.0. The van der Waals surface area contributed by atoms with E-state index in [1.165, 1.54) is 0 Å². The molecule has 6 rings (SSSR count). The largest absolute Gasteiger partial charge is 0.477 e. The van der Waals surface area contributed by atoms with Gasteiger partial charge in [-0.2, -0.15) is 5.10 Å². The predicted octanol–water partition coefficient (Wildman–Crippen LogP) is 11.0. The highest BCUT2D eigenvalue weighted by Gasteiger charge is 2.11. The molecule has 0 radical (unpaired) electrons. The van der Waals surface area contributed by atoms with Gasteiger partial charge in [-0.25, -0.2) is 14.6 Å². The van der Waals surface area contributed by atoms with Crippen LogP contribution in [0.1, 0.15) is 62.0 Å². The average Bonchev–Trinajstić information content (AvgIpc) is 3.50. The number of para-hydroxylation sites is 1. The van der Waals surface area contributed by atoms with E-state index in [0.717, 1.165) is 75.7 Å². The third-order valence-corrected chi connectivity index (χ3v) is 8.11. The minimum Gasteiger partial charge on any atom is -0.477 e. The summed E-state index contributed by atoms with van der Waals surface area (Å²) < 4.78 is 14.2. The van der Waals surface area contributed by atoms with Crippen molar-refractivity contribution in [3.63, 3.8) is 0 Å². The van der Waals surface area contributed by atoms with Gasteiger partial charge in [0.15, 0.2) is 0 Å². The van der Waals surface area contributed by atoms with E-state index in [1.54, 1.807) is 0 Å². The van der Waals surface area contributed by atoms with Gasteiger partial charge in [-0.3, -0.25) is 0 Å². The van der Waals surface area contributed by atoms with Crippen LogP contribution in [0.5, 0.6) is 11.8 Å². The summed E-state index contributed by atoms with van der Waals surface area (Å²) in [5.41, 5.74) is 6.01. The molecule has 47 heavy (non-hydrogen) atoms. The summed E-state index contributed by atoms with van der Waals surface area (Å²) in [6.45, 7) is 5.48. The molecule has 0 unspecified atom stereocenters. The van der Waals surface area contributed by atoms with Gasteiger partial charge in [-0.15, -0.1) is 0 Å². The first-order valence-corrected chi connectivity index (χ1v) is 16.7. The van der Waals surface area contributed by atoms with Crippen molar-refractivity contribution < 1.29 is 9.47 Å². The molecule has 0 atom stereocenters. The van der Waals surface area contributed by atoms with Gasteiger partial charge in [0.05, 0.1) is 41.3 Å². The van der Waals surface area contributed by atoms with Crippen LogP contribution in [0.15, 0.2) is 84.9 Å². The highest BCUT2D eigenvalue weighted by atomic mass is 35.5. The molecule has 8 heteroatoms. The molecule has 0 fully saturated rings. The zero-order valence-electron chi connectivity index (χ0n) is 26.5. The smallest absolute Gasteiger partial charge is 0.221 e. The normalized spacial score (nSPS) is 11.7. The number of nitrogens with zero attached hydrogens (tertiary/aromatic N) is 4. The van der Waals surface area contributed by atoms with Crippen LogP contribution in [0.2, 0.25) is 10.0 Å². The fourth-order valence-corrected chi connectivity index (χ4v) is 5.49. The number of hydrogen-bond acceptors (Lipinski definition) is 5. The monoisotopic (exact) mass is 662 g/mol. The number of hydrogen-bond donors (Lipinski definition) is 0. The van der Waals surface area contributed by atoms with Crippen LogP contribution in [-0.4, -0.2) is 33.0 Å². The van der Waals surface area contributed by atoms with Crippen molar-refractivity contribution in [2.75, 3.05) is 13.2 Å². The Morgan fingerprint density at radius 1 is 0.638 bits per heavy atom. The number of unbranched alkanes of at least 4 members (excludes halogenated alkanes) is 2. The van der Waals surface area contributed by atoms with Gasteiger partial charge in [-0.05, 0) is 104 Å². The number of ether oxygens (including phenoxy) is 2. The molecule has 0 bridgehead atoms. The third-order valence-electron chi connectivity index (χ3n) is 7.64. The van der Waals surface area contributed by atoms with E-state index in [4.69, 9.17) is 47.7 Å². The van der Waals surface area contributed by atoms with Gasteiger partial charge in [0.25, 0.3) is 0 Å². The Balaban J connectivity index is 1.38. The molecular formula is C39H36Cl2N4O2. The summed E-state index contributed by atoms with van der Waals surface area (Å²) in [4.78, 5) is 9.62. The molecule has 3 aromatic heterocycles. The topological polar surface area (TPSA) is 62.1 Å². The predicted molar refractivity (Wildman–Crippen MR) is 196 cm³/mol. The van der Waals surface area contributed by atoms with Gasteiger partial charge >= 0.3 is 0 Å². The number of fused-ring (bicyclic) bond motifs is 2. The first kappa shape index (κ1) is 32.3. The lowest BCUT2D eigenvalue weighted by Gasteiger charge is -2.10. The van der Waals surface area contributed by atoms with Crippen LogP contribution < -0.4 is 9.47 Å². The highest BCUT2D eigenvalue weighted by Crippen LogP contribution is 2.29. The van der Waals surface area contributed by atoms with Crippen LogP contribution >= 0.6 is 23.2 Å². The molecular weight excluding hydrogens is 627 g/mol. The maximum absolute atomic E-state index is 6.32. The minimum atomic E-state index is 0.589. The van der Waals surface area contributed by atoms with E-state index in [1.807, 2.05) is 102 Å². The Morgan fingerprint density at radius 2 is 1.19 bits per heavy atom. The Hall–Kier alpha value is -4.65. The maximum atomic E-state index is 6.32. The van der Waals surface area contributed by atoms with Crippen LogP contribution in [0.4, 0.5) is 0 Å². The lowest BCUT2D eigenvalue weighted by atomic mass is 10.1. The van der Waals surface area contributed by atoms with Gasteiger partial charge in [-0.1, -0.05) is 68.1 Å². The Labute approximate surface area is 285 Å². The molecule has 0 aliphatic carbocycles. The molecule has 3 aromatic carbocycles. The quantitative estimate of drug-likeness (QED) is 0.115. The number of halogens is 2. The van der Waals surface area contributed by atoms with Crippen LogP contribution in [0.3, 0.4) is 0 Å². The Morgan fingerprint density at radius 3 is 1.74 bits per heavy atom. The van der Waals surface area contributed by atoms with E-state index in [-0.39, 0.29) is 0 Å². The lowest BCUT2D eigenvalue weighted by Crippen LogP contribution is -2.01. The second-order valence-corrected chi connectivity index (χ2v) is 12.1. The van der Waals surface area contributed by atoms with Crippen LogP contribution in [0.25, 0.3) is 51.8 Å². The summed E-state index contributed by atoms with van der Waals surface area (Å²) in [5.74, 6) is 1.18. The molecule has 3 heterocycles. The molecule has 6 nitrogen and oxygen atoms in total. The molecule has 0 saturated heterocycles. The van der Waals surface area contributed by atoms with E-state index in [2.05, 4.69) is 26.0 Å². The molecule has 0 aliphatic heterocycles. The van der Waals surface area contributed by atoms with Gasteiger partial charge < -0.3 is 9.47 Å². The molecule has 0 spiro atoms. The summed E-state index contributed by atoms with van der Waals surface area (Å²) in [6.07, 6.45) is 12.0. The number of pyridine rings is 2. The maximum Gasteiger partial charge on any atom is 0.221 e. The fourth-order valence-electron chi connectivity index (χ4n) is 5.13. The molecule has 0 saturated carbocycles. The van der Waals surface area contributed by atoms with Gasteiger partial charge in [0.1, 0.15) is 0 Å². The second-order valence-electron chi connectivity index (χ2n) is 11.3. The standard InChI is InChI=1S/C39H36Cl2N4O2/c1-3-5-20-46-38-27(22-29-24-31(40)14-18-36(29)42-38)12-16-33-26-35(45(44-33)34-10-8-7-9-11-34)17-13-28-23-30-25-32(41)15-19-37(30)43-39(28)47-21-6-4-2/h7-19,22-26H,3-6,20-21H2,1-2H3/b16-12+,17-13+. The van der Waals surface area contributed by atoms with Crippen molar-refractivity contribution >= 4 is 69.3 Å². The molecule has 0 aliphatic rings. The van der Waals surface area contributed by atoms with Gasteiger partial charge in [0, 0.05) is 31.9 Å². The zero-order valence-corrected chi connectivity index (χ0v) is 28.0. The second kappa shape index (κ2) is 15.3. The Bertz CT molecular complexity index is 2050. The van der Waals surface area contributed by atoms with Gasteiger partial charge in [0.2, 0.25) is 11.8 Å². The third kappa shape index (κ3) is 8.02. The first-order valence-electron chi connectivity index (χ1n) is 16.0. The van der Waals surface area contributed by atoms with Crippen molar-refractivity contribution in [1.29, 1.82) is 0 Å². The molecule has 6 aromatic rings. The number of rotatable bonds is 13. The molecule has 0 amide bonds. The molecule has 0 N–H and O–H groups in total. The summed E-state index contributed by atoms with van der Waals surface area (Å²) in [6, 6.07) is 27.6. The van der Waals surface area contributed by atoms with Crippen molar-refractivity contribution in [3.8, 4) is 17.4 Å². The van der Waals surface area contributed by atoms with E-state index in [9.17, 15) is 0 Å². The minimum absolute atomic E-state index is 0.589. The SMILES string of the molecule is CCCCOc1nc2ccc(Cl)cc2cc1/C=C/c1cc(/C=C/c2cc3cc(Cl)ccc3nc2OCCCC)n(-c2ccccc2)n1. The lowest BCUT2D eigenvalue weighted by molar-refractivity contribution is 0.298. The summed E-state index contributed by atoms with van der Waals surface area (Å²) in [5, 5.41) is 8.18. The van der Waals surface area contributed by atoms with Crippen LogP contribution in [0, 0.1) is 0 Å². The van der Waals surface area contributed by atoms with Crippen molar-refractivity contribution in [1.82, 2.24) is 19.7 Å². The van der Waals surface area contributed by atoms with E-state index in [0.29, 0.717) is 35.0 Å². The van der Waals surface area contributed by atoms with Crippen molar-refractivity contribution in [3.05, 3.63) is 117 Å². The number of aromatic nitrogens is 4. The summed E-state index contributed by atoms with van der Waals surface area (Å²) >= 11 is 12.6. The van der Waals surface area contributed by atoms with Crippen LogP contribution in [-0.2, 0) is 0 Å². The van der Waals surface area contributed by atoms with Crippen molar-refractivity contribution in [2.24, 2.45) is 0 Å². The zero-order chi connectivity index (χ0) is 32.6. The average molecular weight is 664 g/mol. The van der Waals surface area contributed by atoms with E-state index < -0.39 is 0 Å².